The van der Waals surface area contributed by atoms with E-state index in [-0.39, 0.29) is 10.9 Å². The predicted octanol–water partition coefficient (Wildman–Crippen LogP) is 6.70. The first-order valence-corrected chi connectivity index (χ1v) is 14.7. The minimum atomic E-state index is -3.87. The van der Waals surface area contributed by atoms with Crippen LogP contribution in [0.2, 0.25) is 15.1 Å². The van der Waals surface area contributed by atoms with Crippen molar-refractivity contribution in [3.63, 3.8) is 0 Å². The van der Waals surface area contributed by atoms with Gasteiger partial charge in [-0.1, -0.05) is 34.8 Å². The van der Waals surface area contributed by atoms with E-state index in [0.717, 1.165) is 19.6 Å². The lowest BCUT2D eigenvalue weighted by atomic mass is 9.99. The van der Waals surface area contributed by atoms with Gasteiger partial charge >= 0.3 is 0 Å². The highest BCUT2D eigenvalue weighted by atomic mass is 35.5. The minimum Gasteiger partial charge on any atom is -0.303 e. The van der Waals surface area contributed by atoms with E-state index in [1.807, 2.05) is 18.7 Å². The molecule has 0 N–H and O–H groups in total. The van der Waals surface area contributed by atoms with Gasteiger partial charge in [-0.3, -0.25) is 4.31 Å². The molecule has 1 saturated heterocycles. The third-order valence-corrected chi connectivity index (χ3v) is 9.34. The number of rotatable bonds is 9. The van der Waals surface area contributed by atoms with Gasteiger partial charge < -0.3 is 4.90 Å². The molecule has 0 radical (unpaired) electrons. The van der Waals surface area contributed by atoms with Gasteiger partial charge in [0.1, 0.15) is 0 Å². The van der Waals surface area contributed by atoms with Gasteiger partial charge in [0.2, 0.25) is 0 Å². The molecular weight excluding hydrogens is 507 g/mol. The van der Waals surface area contributed by atoms with Gasteiger partial charge in [-0.2, -0.15) is 11.8 Å². The van der Waals surface area contributed by atoms with E-state index in [4.69, 9.17) is 34.8 Å². The number of hydrogen-bond donors (Lipinski definition) is 0. The molecule has 1 aliphatic rings. The summed E-state index contributed by atoms with van der Waals surface area (Å²) in [5, 5.41) is 1.26. The molecule has 176 valence electrons. The average molecular weight is 536 g/mol. The molecular formula is C23H29Cl3N2O2S2. The molecule has 0 bridgehead atoms. The van der Waals surface area contributed by atoms with Gasteiger partial charge in [-0.05, 0) is 93.1 Å². The van der Waals surface area contributed by atoms with Crippen LogP contribution in [-0.2, 0) is 10.0 Å². The smallest absolute Gasteiger partial charge is 0.264 e. The maximum atomic E-state index is 13.7. The molecule has 2 aromatic rings. The van der Waals surface area contributed by atoms with Gasteiger partial charge in [-0.15, -0.1) is 0 Å². The Kier molecular flexibility index (Phi) is 9.48. The topological polar surface area (TPSA) is 40.6 Å². The van der Waals surface area contributed by atoms with Crippen molar-refractivity contribution in [2.75, 3.05) is 35.9 Å². The summed E-state index contributed by atoms with van der Waals surface area (Å²) in [5.74, 6) is 1.87. The summed E-state index contributed by atoms with van der Waals surface area (Å²) in [6.45, 7) is 4.87. The lowest BCUT2D eigenvalue weighted by Crippen LogP contribution is -2.43. The van der Waals surface area contributed by atoms with Gasteiger partial charge in [-0.25, -0.2) is 8.42 Å². The van der Waals surface area contributed by atoms with Gasteiger partial charge in [0.15, 0.2) is 0 Å². The monoisotopic (exact) mass is 534 g/mol. The number of hydrogen-bond acceptors (Lipinski definition) is 4. The predicted molar refractivity (Wildman–Crippen MR) is 139 cm³/mol. The molecule has 4 nitrogen and oxygen atoms in total. The van der Waals surface area contributed by atoms with Crippen LogP contribution in [0.15, 0.2) is 47.4 Å². The van der Waals surface area contributed by atoms with Gasteiger partial charge in [0.05, 0.1) is 15.6 Å². The van der Waals surface area contributed by atoms with Crippen molar-refractivity contribution >= 4 is 62.3 Å². The van der Waals surface area contributed by atoms with Crippen molar-refractivity contribution < 1.29 is 8.42 Å². The van der Waals surface area contributed by atoms with Crippen molar-refractivity contribution in [3.8, 4) is 0 Å². The molecule has 0 saturated carbocycles. The minimum absolute atomic E-state index is 0.169. The number of anilines is 1. The average Bonchev–Trinajstić information content (AvgIpc) is 2.75. The molecule has 1 aliphatic heterocycles. The van der Waals surface area contributed by atoms with Crippen LogP contribution < -0.4 is 4.31 Å². The summed E-state index contributed by atoms with van der Waals surface area (Å²) in [4.78, 5) is 2.62. The van der Waals surface area contributed by atoms with Crippen LogP contribution in [0.25, 0.3) is 0 Å². The lowest BCUT2D eigenvalue weighted by Gasteiger charge is -2.35. The third kappa shape index (κ3) is 6.49. The Morgan fingerprint density at radius 1 is 1.12 bits per heavy atom. The van der Waals surface area contributed by atoms with Crippen molar-refractivity contribution in [1.82, 2.24) is 4.90 Å². The van der Waals surface area contributed by atoms with Crippen molar-refractivity contribution in [2.45, 2.75) is 37.1 Å². The first kappa shape index (κ1) is 26.0. The summed E-state index contributed by atoms with van der Waals surface area (Å²) in [6.07, 6.45) is 5.28. The summed E-state index contributed by atoms with van der Waals surface area (Å²) in [5.41, 5.74) is 0.389. The fraction of sp³-hybridized carbons (Fsp3) is 0.478. The second-order valence-corrected chi connectivity index (χ2v) is 12.3. The number of thioether (sulfide) groups is 1. The quantitative estimate of drug-likeness (QED) is 0.358. The maximum absolute atomic E-state index is 13.7. The molecule has 2 aromatic carbocycles. The van der Waals surface area contributed by atoms with E-state index < -0.39 is 10.0 Å². The molecule has 1 fully saturated rings. The Morgan fingerprint density at radius 2 is 1.81 bits per heavy atom. The van der Waals surface area contributed by atoms with Crippen molar-refractivity contribution in [3.05, 3.63) is 57.5 Å². The molecule has 0 amide bonds. The first-order valence-electron chi connectivity index (χ1n) is 10.7. The number of likely N-dealkylation sites (tertiary alicyclic amines) is 1. The number of benzene rings is 2. The normalized spacial score (nSPS) is 18.5. The second kappa shape index (κ2) is 11.7. The van der Waals surface area contributed by atoms with Crippen LogP contribution in [0, 0.1) is 5.92 Å². The second-order valence-electron chi connectivity index (χ2n) is 8.25. The van der Waals surface area contributed by atoms with Crippen LogP contribution in [-0.4, -0.2) is 51.0 Å². The van der Waals surface area contributed by atoms with Gasteiger partial charge in [0.25, 0.3) is 10.0 Å². The van der Waals surface area contributed by atoms with E-state index in [1.165, 1.54) is 35.0 Å². The zero-order valence-electron chi connectivity index (χ0n) is 18.3. The number of nitrogens with zero attached hydrogens (tertiary/aromatic N) is 2. The molecule has 2 atom stereocenters. The summed E-state index contributed by atoms with van der Waals surface area (Å²) >= 11 is 20.6. The highest BCUT2D eigenvalue weighted by molar-refractivity contribution is 7.98. The Balaban J connectivity index is 1.87. The van der Waals surface area contributed by atoms with Crippen LogP contribution in [0.1, 0.15) is 26.2 Å². The summed E-state index contributed by atoms with van der Waals surface area (Å²) < 4.78 is 28.8. The zero-order valence-corrected chi connectivity index (χ0v) is 22.2. The van der Waals surface area contributed by atoms with E-state index in [0.29, 0.717) is 33.1 Å². The SMILES string of the molecule is CSCC1CCCN(CCC(C)N(c2cc(Cl)ccc2Cl)S(=O)(=O)c2ccc(Cl)cc2)C1. The third-order valence-electron chi connectivity index (χ3n) is 5.78. The highest BCUT2D eigenvalue weighted by Gasteiger charge is 2.32. The first-order chi connectivity index (χ1) is 15.2. The van der Waals surface area contributed by atoms with Crippen LogP contribution in [0.5, 0.6) is 0 Å². The largest absolute Gasteiger partial charge is 0.303 e. The molecule has 3 rings (SSSR count). The van der Waals surface area contributed by atoms with E-state index >= 15 is 0 Å². The summed E-state index contributed by atoms with van der Waals surface area (Å²) in [6, 6.07) is 10.8. The van der Waals surface area contributed by atoms with Gasteiger partial charge in [0, 0.05) is 29.2 Å². The lowest BCUT2D eigenvalue weighted by molar-refractivity contribution is 0.182. The molecule has 9 heteroatoms. The molecule has 0 aliphatic carbocycles. The number of halogens is 3. The van der Waals surface area contributed by atoms with Crippen LogP contribution in [0.4, 0.5) is 5.69 Å². The van der Waals surface area contributed by atoms with E-state index in [2.05, 4.69) is 11.2 Å². The van der Waals surface area contributed by atoms with Crippen molar-refractivity contribution in [2.24, 2.45) is 5.92 Å². The maximum Gasteiger partial charge on any atom is 0.264 e. The zero-order chi connectivity index (χ0) is 23.3. The number of piperidine rings is 1. The Bertz CT molecular complexity index is 1000. The van der Waals surface area contributed by atoms with E-state index in [9.17, 15) is 8.42 Å². The summed E-state index contributed by atoms with van der Waals surface area (Å²) in [7, 11) is -3.87. The molecule has 2 unspecified atom stereocenters. The van der Waals surface area contributed by atoms with Crippen molar-refractivity contribution in [1.29, 1.82) is 0 Å². The van der Waals surface area contributed by atoms with Crippen LogP contribution >= 0.6 is 46.6 Å². The standard InChI is InChI=1S/C23H29Cl3N2O2S2/c1-17(11-13-27-12-3-4-18(15-27)16-31-2)28(23-14-20(25)7-10-22(23)26)32(29,30)21-8-5-19(24)6-9-21/h5-10,14,17-18H,3-4,11-13,15-16H2,1-2H3. The molecule has 32 heavy (non-hydrogen) atoms. The molecule has 0 aromatic heterocycles. The Labute approximate surface area is 211 Å². The van der Waals surface area contributed by atoms with E-state index in [1.54, 1.807) is 30.3 Å². The molecule has 0 spiro atoms. The Morgan fingerprint density at radius 3 is 2.50 bits per heavy atom. The molecule has 1 heterocycles. The Hall–Kier alpha value is -0.630. The highest BCUT2D eigenvalue weighted by Crippen LogP contribution is 2.35. The van der Waals surface area contributed by atoms with Crippen LogP contribution in [0.3, 0.4) is 0 Å². The fourth-order valence-corrected chi connectivity index (χ4v) is 7.18. The number of sulfonamides is 1. The fourth-order valence-electron chi connectivity index (χ4n) is 4.19.